The number of hydrogen-bond donors (Lipinski definition) is 2. The minimum Gasteiger partial charge on any atom is -0.507 e. The maximum absolute atomic E-state index is 12.2. The molecule has 108 valence electrons. The highest BCUT2D eigenvalue weighted by atomic mass is 16.3. The number of aliphatic hydroxyl groups excluding tert-OH is 2. The Morgan fingerprint density at radius 3 is 2.16 bits per heavy atom. The summed E-state index contributed by atoms with van der Waals surface area (Å²) < 4.78 is 0. The first kappa shape index (κ1) is 17.6. The molecule has 1 fully saturated rings. The number of aliphatic hydroxyl groups is 2. The molecular formula is C16H26O3. The molecule has 0 heterocycles. The number of Topliss-reactive ketones (excluding diaryl/α,β-unsaturated/α-hetero) is 1. The molecule has 19 heavy (non-hydrogen) atoms. The second-order valence-electron chi connectivity index (χ2n) is 4.37. The normalized spacial score (nSPS) is 24.2. The summed E-state index contributed by atoms with van der Waals surface area (Å²) in [4.78, 5) is 12.2. The van der Waals surface area contributed by atoms with Gasteiger partial charge in [-0.05, 0) is 38.7 Å². The van der Waals surface area contributed by atoms with Crippen molar-refractivity contribution in [1.29, 1.82) is 0 Å². The van der Waals surface area contributed by atoms with E-state index in [1.54, 1.807) is 19.1 Å². The summed E-state index contributed by atoms with van der Waals surface area (Å²) >= 11 is 0. The van der Waals surface area contributed by atoms with Gasteiger partial charge in [0, 0.05) is 5.92 Å². The Balaban J connectivity index is 0.00000154. The van der Waals surface area contributed by atoms with Crippen LogP contribution in [-0.4, -0.2) is 22.1 Å². The highest BCUT2D eigenvalue weighted by molar-refractivity contribution is 6.00. The molecule has 1 saturated carbocycles. The lowest BCUT2D eigenvalue weighted by molar-refractivity contribution is -0.120. The SMILES string of the molecule is C=C/C(O)=C(\C=C/C)C(=O)C1CCC(O)CC1.CC. The van der Waals surface area contributed by atoms with Gasteiger partial charge >= 0.3 is 0 Å². The van der Waals surface area contributed by atoms with Crippen molar-refractivity contribution in [2.24, 2.45) is 5.92 Å². The van der Waals surface area contributed by atoms with E-state index in [0.717, 1.165) is 0 Å². The summed E-state index contributed by atoms with van der Waals surface area (Å²) in [5.74, 6) is -0.210. The van der Waals surface area contributed by atoms with Crippen LogP contribution in [0.3, 0.4) is 0 Å². The van der Waals surface area contributed by atoms with E-state index in [4.69, 9.17) is 0 Å². The van der Waals surface area contributed by atoms with Gasteiger partial charge in [-0.2, -0.15) is 0 Å². The molecule has 0 unspecified atom stereocenters. The first-order chi connectivity index (χ1) is 9.10. The topological polar surface area (TPSA) is 57.5 Å². The lowest BCUT2D eigenvalue weighted by Gasteiger charge is -2.24. The fourth-order valence-corrected chi connectivity index (χ4v) is 2.13. The van der Waals surface area contributed by atoms with Gasteiger partial charge in [0.05, 0.1) is 11.7 Å². The molecule has 3 heteroatoms. The summed E-state index contributed by atoms with van der Waals surface area (Å²) in [6.45, 7) is 9.27. The van der Waals surface area contributed by atoms with Crippen molar-refractivity contribution in [2.75, 3.05) is 0 Å². The van der Waals surface area contributed by atoms with Gasteiger partial charge < -0.3 is 10.2 Å². The van der Waals surface area contributed by atoms with Crippen molar-refractivity contribution in [3.05, 3.63) is 36.1 Å². The third kappa shape index (κ3) is 5.43. The monoisotopic (exact) mass is 266 g/mol. The van der Waals surface area contributed by atoms with Gasteiger partial charge in [0.2, 0.25) is 0 Å². The molecule has 0 radical (unpaired) electrons. The smallest absolute Gasteiger partial charge is 0.169 e. The first-order valence-corrected chi connectivity index (χ1v) is 7.00. The third-order valence-electron chi connectivity index (χ3n) is 3.14. The zero-order chi connectivity index (χ0) is 14.8. The molecule has 3 nitrogen and oxygen atoms in total. The van der Waals surface area contributed by atoms with Crippen LogP contribution in [0.1, 0.15) is 46.5 Å². The maximum Gasteiger partial charge on any atom is 0.169 e. The van der Waals surface area contributed by atoms with Crippen LogP contribution >= 0.6 is 0 Å². The maximum atomic E-state index is 12.2. The Labute approximate surface area is 116 Å². The lowest BCUT2D eigenvalue weighted by Crippen LogP contribution is -2.25. The van der Waals surface area contributed by atoms with Gasteiger partial charge in [-0.25, -0.2) is 0 Å². The van der Waals surface area contributed by atoms with E-state index < -0.39 is 0 Å². The number of hydrogen-bond acceptors (Lipinski definition) is 3. The van der Waals surface area contributed by atoms with Crippen LogP contribution in [0.2, 0.25) is 0 Å². The molecule has 1 aliphatic rings. The Morgan fingerprint density at radius 1 is 1.21 bits per heavy atom. The molecule has 2 N–H and O–H groups in total. The number of carbonyl (C=O) groups is 1. The number of ketones is 1. The molecule has 0 amide bonds. The lowest BCUT2D eigenvalue weighted by atomic mass is 9.82. The van der Waals surface area contributed by atoms with Gasteiger partial charge in [0.15, 0.2) is 5.78 Å². The Kier molecular flexibility index (Phi) is 8.88. The standard InChI is InChI=1S/C14H20O3.C2H6/c1-3-5-12(13(16)4-2)14(17)10-6-8-11(15)9-7-10;1-2/h3-5,10-11,15-16H,2,6-9H2,1H3;1-2H3/b5-3-,13-12-;. The van der Waals surface area contributed by atoms with Gasteiger partial charge in [-0.1, -0.05) is 32.6 Å². The minimum absolute atomic E-state index is 0.0487. The first-order valence-electron chi connectivity index (χ1n) is 7.00. The predicted octanol–water partition coefficient (Wildman–Crippen LogP) is 3.71. The van der Waals surface area contributed by atoms with Crippen LogP contribution < -0.4 is 0 Å². The van der Waals surface area contributed by atoms with Gasteiger partial charge in [0.1, 0.15) is 5.76 Å². The minimum atomic E-state index is -0.277. The molecule has 1 aliphatic carbocycles. The van der Waals surface area contributed by atoms with Gasteiger partial charge in [-0.3, -0.25) is 4.79 Å². The van der Waals surface area contributed by atoms with E-state index in [1.807, 2.05) is 13.8 Å². The van der Waals surface area contributed by atoms with E-state index in [2.05, 4.69) is 6.58 Å². The van der Waals surface area contributed by atoms with Gasteiger partial charge in [-0.15, -0.1) is 0 Å². The van der Waals surface area contributed by atoms with E-state index in [0.29, 0.717) is 31.3 Å². The van der Waals surface area contributed by atoms with Crippen LogP contribution in [0.4, 0.5) is 0 Å². The fourth-order valence-electron chi connectivity index (χ4n) is 2.13. The molecular weight excluding hydrogens is 240 g/mol. The van der Waals surface area contributed by atoms with Gasteiger partial charge in [0.25, 0.3) is 0 Å². The molecule has 0 spiro atoms. The van der Waals surface area contributed by atoms with E-state index >= 15 is 0 Å². The second kappa shape index (κ2) is 9.56. The fraction of sp³-hybridized carbons (Fsp3) is 0.562. The zero-order valence-corrected chi connectivity index (χ0v) is 12.2. The average Bonchev–Trinajstić information content (AvgIpc) is 2.46. The molecule has 0 aromatic heterocycles. The van der Waals surface area contributed by atoms with E-state index in [-0.39, 0.29) is 23.6 Å². The summed E-state index contributed by atoms with van der Waals surface area (Å²) in [6, 6.07) is 0. The molecule has 0 bridgehead atoms. The molecule has 0 atom stereocenters. The van der Waals surface area contributed by atoms with Crippen molar-refractivity contribution in [2.45, 2.75) is 52.6 Å². The largest absolute Gasteiger partial charge is 0.507 e. The summed E-state index contributed by atoms with van der Waals surface area (Å²) in [6.07, 6.45) is 7.04. The molecule has 1 rings (SSSR count). The van der Waals surface area contributed by atoms with Crippen LogP contribution in [-0.2, 0) is 4.79 Å². The average molecular weight is 266 g/mol. The quantitative estimate of drug-likeness (QED) is 0.463. The van der Waals surface area contributed by atoms with Crippen molar-refractivity contribution in [1.82, 2.24) is 0 Å². The van der Waals surface area contributed by atoms with E-state index in [1.165, 1.54) is 6.08 Å². The number of allylic oxidation sites excluding steroid dienone is 4. The van der Waals surface area contributed by atoms with Crippen LogP contribution in [0.15, 0.2) is 36.1 Å². The highest BCUT2D eigenvalue weighted by Crippen LogP contribution is 2.28. The van der Waals surface area contributed by atoms with Crippen molar-refractivity contribution in [3.63, 3.8) is 0 Å². The van der Waals surface area contributed by atoms with Crippen molar-refractivity contribution in [3.8, 4) is 0 Å². The van der Waals surface area contributed by atoms with Crippen molar-refractivity contribution >= 4 is 5.78 Å². The zero-order valence-electron chi connectivity index (χ0n) is 12.2. The molecule has 0 aromatic rings. The van der Waals surface area contributed by atoms with Crippen LogP contribution in [0, 0.1) is 5.92 Å². The predicted molar refractivity (Wildman–Crippen MR) is 79.0 cm³/mol. The number of carbonyl (C=O) groups excluding carboxylic acids is 1. The second-order valence-corrected chi connectivity index (χ2v) is 4.37. The highest BCUT2D eigenvalue weighted by Gasteiger charge is 2.27. The summed E-state index contributed by atoms with van der Waals surface area (Å²) in [5.41, 5.74) is 0.323. The van der Waals surface area contributed by atoms with E-state index in [9.17, 15) is 15.0 Å². The Hall–Kier alpha value is -1.35. The number of rotatable bonds is 4. The molecule has 0 aliphatic heterocycles. The van der Waals surface area contributed by atoms with Crippen LogP contribution in [0.5, 0.6) is 0 Å². The van der Waals surface area contributed by atoms with Crippen LogP contribution in [0.25, 0.3) is 0 Å². The summed E-state index contributed by atoms with van der Waals surface area (Å²) in [5, 5.41) is 19.0. The summed E-state index contributed by atoms with van der Waals surface area (Å²) in [7, 11) is 0. The third-order valence-corrected chi connectivity index (χ3v) is 3.14. The Morgan fingerprint density at radius 2 is 1.74 bits per heavy atom. The molecule has 0 saturated heterocycles. The Bertz CT molecular complexity index is 345. The molecule has 0 aromatic carbocycles. The van der Waals surface area contributed by atoms with Crippen molar-refractivity contribution < 1.29 is 15.0 Å².